The number of thiol groups is 1. The maximum absolute atomic E-state index is 10.9. The molecule has 1 aliphatic heterocycles. The Hall–Kier alpha value is -0.0200. The van der Waals surface area contributed by atoms with E-state index in [9.17, 15) is 4.79 Å². The lowest BCUT2D eigenvalue weighted by molar-refractivity contribution is -0.121. The van der Waals surface area contributed by atoms with Crippen molar-refractivity contribution in [1.82, 2.24) is 4.90 Å². The Bertz CT molecular complexity index is 164. The summed E-state index contributed by atoms with van der Waals surface area (Å²) in [6.07, 6.45) is 1.45. The average Bonchev–Trinajstić information content (AvgIpc) is 1.91. The Morgan fingerprint density at radius 3 is 2.33 bits per heavy atom. The van der Waals surface area contributed by atoms with Gasteiger partial charge in [0.05, 0.1) is 0 Å². The molecule has 0 saturated carbocycles. The Morgan fingerprint density at radius 1 is 1.42 bits per heavy atom. The van der Waals surface area contributed by atoms with Crippen LogP contribution >= 0.6 is 12.6 Å². The van der Waals surface area contributed by atoms with E-state index in [-0.39, 0.29) is 4.75 Å². The lowest BCUT2D eigenvalue weighted by atomic mass is 10.1. The molecule has 0 amide bonds. The molecule has 2 nitrogen and oxygen atoms in total. The third-order valence-electron chi connectivity index (χ3n) is 2.02. The topological polar surface area (TPSA) is 20.3 Å². The van der Waals surface area contributed by atoms with Crippen molar-refractivity contribution in [1.29, 1.82) is 0 Å². The Morgan fingerprint density at radius 2 is 1.92 bits per heavy atom. The largest absolute Gasteiger partial charge is 0.301 e. The van der Waals surface area contributed by atoms with Gasteiger partial charge in [-0.1, -0.05) is 0 Å². The number of rotatable bonds is 2. The highest BCUT2D eigenvalue weighted by atomic mass is 32.1. The van der Waals surface area contributed by atoms with Crippen LogP contribution in [0.25, 0.3) is 0 Å². The predicted octanol–water partition coefficient (Wildman–Crippen LogP) is 1.36. The highest BCUT2D eigenvalue weighted by Gasteiger charge is 2.21. The molecule has 1 saturated heterocycles. The summed E-state index contributed by atoms with van der Waals surface area (Å²) in [5.41, 5.74) is 0. The van der Waals surface area contributed by atoms with Crippen molar-refractivity contribution in [2.24, 2.45) is 0 Å². The van der Waals surface area contributed by atoms with E-state index in [0.717, 1.165) is 32.5 Å². The molecule has 0 N–H and O–H groups in total. The van der Waals surface area contributed by atoms with E-state index in [4.69, 9.17) is 0 Å². The van der Waals surface area contributed by atoms with Gasteiger partial charge in [0.15, 0.2) is 0 Å². The molecular formula is C9H17NOS. The SMILES string of the molecule is CC(C)(S)CN1CCC(=O)CC1. The van der Waals surface area contributed by atoms with Crippen LogP contribution in [-0.2, 0) is 4.79 Å². The molecular weight excluding hydrogens is 170 g/mol. The zero-order chi connectivity index (χ0) is 9.19. The quantitative estimate of drug-likeness (QED) is 0.659. The zero-order valence-corrected chi connectivity index (χ0v) is 8.73. The van der Waals surface area contributed by atoms with Crippen molar-refractivity contribution in [3.8, 4) is 0 Å². The van der Waals surface area contributed by atoms with E-state index in [0.29, 0.717) is 5.78 Å². The second-order valence-corrected chi connectivity index (χ2v) is 5.34. The molecule has 12 heavy (non-hydrogen) atoms. The second kappa shape index (κ2) is 3.79. The van der Waals surface area contributed by atoms with Crippen molar-refractivity contribution < 1.29 is 4.79 Å². The highest BCUT2D eigenvalue weighted by molar-refractivity contribution is 7.81. The standard InChI is InChI=1S/C9H17NOS/c1-9(2,12)7-10-5-3-8(11)4-6-10/h12H,3-7H2,1-2H3. The van der Waals surface area contributed by atoms with E-state index in [2.05, 4.69) is 31.4 Å². The van der Waals surface area contributed by atoms with Crippen LogP contribution in [0.15, 0.2) is 0 Å². The molecule has 0 aliphatic carbocycles. The Labute approximate surface area is 79.7 Å². The molecule has 0 atom stereocenters. The number of hydrogen-bond donors (Lipinski definition) is 1. The molecule has 3 heteroatoms. The van der Waals surface area contributed by atoms with Gasteiger partial charge in [-0.25, -0.2) is 0 Å². The van der Waals surface area contributed by atoms with E-state index in [1.165, 1.54) is 0 Å². The number of nitrogens with zero attached hydrogens (tertiary/aromatic N) is 1. The maximum atomic E-state index is 10.9. The molecule has 1 aliphatic rings. The van der Waals surface area contributed by atoms with Crippen LogP contribution in [0.2, 0.25) is 0 Å². The normalized spacial score (nSPS) is 21.4. The molecule has 1 heterocycles. The first-order valence-corrected chi connectivity index (χ1v) is 4.88. The van der Waals surface area contributed by atoms with Gasteiger partial charge in [-0.15, -0.1) is 0 Å². The minimum Gasteiger partial charge on any atom is -0.301 e. The molecule has 0 spiro atoms. The van der Waals surface area contributed by atoms with E-state index in [1.807, 2.05) is 0 Å². The summed E-state index contributed by atoms with van der Waals surface area (Å²) in [6, 6.07) is 0. The summed E-state index contributed by atoms with van der Waals surface area (Å²) in [5.74, 6) is 0.406. The number of carbonyl (C=O) groups is 1. The number of ketones is 1. The molecule has 0 aromatic rings. The predicted molar refractivity (Wildman–Crippen MR) is 53.7 cm³/mol. The first kappa shape index (κ1) is 10.1. The number of hydrogen-bond acceptors (Lipinski definition) is 3. The summed E-state index contributed by atoms with van der Waals surface area (Å²) in [7, 11) is 0. The molecule has 1 rings (SSSR count). The maximum Gasteiger partial charge on any atom is 0.135 e. The van der Waals surface area contributed by atoms with Gasteiger partial charge in [0.2, 0.25) is 0 Å². The molecule has 0 aromatic heterocycles. The molecule has 1 fully saturated rings. The minimum atomic E-state index is 0.0559. The van der Waals surface area contributed by atoms with Crippen LogP contribution in [-0.4, -0.2) is 35.1 Å². The summed E-state index contributed by atoms with van der Waals surface area (Å²) in [4.78, 5) is 13.2. The van der Waals surface area contributed by atoms with E-state index in [1.54, 1.807) is 0 Å². The fourth-order valence-corrected chi connectivity index (χ4v) is 1.71. The molecule has 0 radical (unpaired) electrons. The van der Waals surface area contributed by atoms with Crippen molar-refractivity contribution >= 4 is 18.4 Å². The fourth-order valence-electron chi connectivity index (χ4n) is 1.51. The summed E-state index contributed by atoms with van der Waals surface area (Å²) < 4.78 is 0.0559. The average molecular weight is 187 g/mol. The lowest BCUT2D eigenvalue weighted by Crippen LogP contribution is -2.40. The number of likely N-dealkylation sites (tertiary alicyclic amines) is 1. The van der Waals surface area contributed by atoms with Crippen molar-refractivity contribution in [3.63, 3.8) is 0 Å². The fraction of sp³-hybridized carbons (Fsp3) is 0.889. The molecule has 0 bridgehead atoms. The Balaban J connectivity index is 2.31. The first-order chi connectivity index (χ1) is 5.47. The van der Waals surface area contributed by atoms with Gasteiger partial charge in [0.25, 0.3) is 0 Å². The molecule has 0 unspecified atom stereocenters. The van der Waals surface area contributed by atoms with Crippen molar-refractivity contribution in [2.45, 2.75) is 31.4 Å². The third kappa shape index (κ3) is 3.59. The second-order valence-electron chi connectivity index (χ2n) is 4.13. The lowest BCUT2D eigenvalue weighted by Gasteiger charge is -2.31. The number of Topliss-reactive ketones (excluding diaryl/α,β-unsaturated/α-hetero) is 1. The zero-order valence-electron chi connectivity index (χ0n) is 7.84. The van der Waals surface area contributed by atoms with E-state index >= 15 is 0 Å². The van der Waals surface area contributed by atoms with Crippen LogP contribution in [0, 0.1) is 0 Å². The first-order valence-electron chi connectivity index (χ1n) is 4.44. The monoisotopic (exact) mass is 187 g/mol. The van der Waals surface area contributed by atoms with Crippen LogP contribution in [0.1, 0.15) is 26.7 Å². The van der Waals surface area contributed by atoms with Gasteiger partial charge >= 0.3 is 0 Å². The minimum absolute atomic E-state index is 0.0559. The Kier molecular flexibility index (Phi) is 3.18. The summed E-state index contributed by atoms with van der Waals surface area (Å²) in [6.45, 7) is 7.02. The van der Waals surface area contributed by atoms with Crippen molar-refractivity contribution in [3.05, 3.63) is 0 Å². The summed E-state index contributed by atoms with van der Waals surface area (Å²) in [5, 5.41) is 0. The van der Waals surface area contributed by atoms with Gasteiger partial charge in [-0.2, -0.15) is 12.6 Å². The highest BCUT2D eigenvalue weighted by Crippen LogP contribution is 2.16. The van der Waals surface area contributed by atoms with Crippen LogP contribution in [0.4, 0.5) is 0 Å². The van der Waals surface area contributed by atoms with Crippen LogP contribution < -0.4 is 0 Å². The van der Waals surface area contributed by atoms with Gasteiger partial charge in [-0.3, -0.25) is 4.79 Å². The number of piperidine rings is 1. The van der Waals surface area contributed by atoms with Gasteiger partial charge in [0, 0.05) is 37.2 Å². The smallest absolute Gasteiger partial charge is 0.135 e. The van der Waals surface area contributed by atoms with Gasteiger partial charge in [-0.05, 0) is 13.8 Å². The van der Waals surface area contributed by atoms with Gasteiger partial charge < -0.3 is 4.90 Å². The third-order valence-corrected chi connectivity index (χ3v) is 2.17. The summed E-state index contributed by atoms with van der Waals surface area (Å²) >= 11 is 4.46. The van der Waals surface area contributed by atoms with Crippen LogP contribution in [0.5, 0.6) is 0 Å². The van der Waals surface area contributed by atoms with Crippen LogP contribution in [0.3, 0.4) is 0 Å². The molecule has 70 valence electrons. The van der Waals surface area contributed by atoms with Crippen molar-refractivity contribution in [2.75, 3.05) is 19.6 Å². The van der Waals surface area contributed by atoms with Gasteiger partial charge in [0.1, 0.15) is 5.78 Å². The number of carbonyl (C=O) groups excluding carboxylic acids is 1. The molecule has 0 aromatic carbocycles. The van der Waals surface area contributed by atoms with E-state index < -0.39 is 0 Å².